The standard InChI is InChI=1S/C24H28N4O2/c1-17-15-19(24(30)28-20-5-3-2-4-6-20)9-12-22(17)26-16-23(29)27-21-10-7-18(8-11-21)13-14-25/h7-12,15,20,26H,2-6,13,16H2,1H3,(H,27,29)(H,28,30). The average Bonchev–Trinajstić information content (AvgIpc) is 2.75. The van der Waals surface area contributed by atoms with Gasteiger partial charge in [0, 0.05) is 23.0 Å². The normalized spacial score (nSPS) is 13.9. The van der Waals surface area contributed by atoms with Gasteiger partial charge in [0.2, 0.25) is 5.91 Å². The maximum absolute atomic E-state index is 12.5. The molecule has 0 spiro atoms. The van der Waals surface area contributed by atoms with Crippen molar-refractivity contribution in [2.75, 3.05) is 17.2 Å². The number of aryl methyl sites for hydroxylation is 1. The molecule has 0 saturated heterocycles. The van der Waals surface area contributed by atoms with Crippen LogP contribution < -0.4 is 16.0 Å². The number of nitrogens with one attached hydrogen (secondary N) is 3. The molecule has 1 saturated carbocycles. The Morgan fingerprint density at radius 2 is 1.80 bits per heavy atom. The lowest BCUT2D eigenvalue weighted by Crippen LogP contribution is -2.36. The number of amides is 2. The second-order valence-corrected chi connectivity index (χ2v) is 7.77. The number of nitriles is 1. The van der Waals surface area contributed by atoms with E-state index in [9.17, 15) is 9.59 Å². The van der Waals surface area contributed by atoms with Gasteiger partial charge in [-0.2, -0.15) is 5.26 Å². The molecule has 0 bridgehead atoms. The molecule has 1 fully saturated rings. The molecule has 6 nitrogen and oxygen atoms in total. The number of anilines is 2. The first-order chi connectivity index (χ1) is 14.5. The molecular formula is C24H28N4O2. The second kappa shape index (κ2) is 10.4. The van der Waals surface area contributed by atoms with Gasteiger partial charge in [0.25, 0.3) is 5.91 Å². The van der Waals surface area contributed by atoms with Gasteiger partial charge in [-0.25, -0.2) is 0 Å². The van der Waals surface area contributed by atoms with Gasteiger partial charge < -0.3 is 16.0 Å². The Balaban J connectivity index is 1.50. The molecule has 2 aromatic carbocycles. The van der Waals surface area contributed by atoms with Crippen LogP contribution in [0.4, 0.5) is 11.4 Å². The van der Waals surface area contributed by atoms with E-state index in [2.05, 4.69) is 22.0 Å². The Morgan fingerprint density at radius 1 is 1.07 bits per heavy atom. The Hall–Kier alpha value is -3.33. The van der Waals surface area contributed by atoms with Gasteiger partial charge in [0.15, 0.2) is 0 Å². The zero-order valence-corrected chi connectivity index (χ0v) is 17.3. The summed E-state index contributed by atoms with van der Waals surface area (Å²) in [6.07, 6.45) is 6.08. The molecule has 156 valence electrons. The van der Waals surface area contributed by atoms with Crippen LogP contribution >= 0.6 is 0 Å². The van der Waals surface area contributed by atoms with E-state index in [1.54, 1.807) is 18.2 Å². The zero-order chi connectivity index (χ0) is 21.3. The first-order valence-electron chi connectivity index (χ1n) is 10.5. The average molecular weight is 405 g/mol. The van der Waals surface area contributed by atoms with Crippen LogP contribution in [0.2, 0.25) is 0 Å². The molecule has 6 heteroatoms. The predicted molar refractivity (Wildman–Crippen MR) is 118 cm³/mol. The summed E-state index contributed by atoms with van der Waals surface area (Å²) in [4.78, 5) is 24.7. The Labute approximate surface area is 177 Å². The molecular weight excluding hydrogens is 376 g/mol. The minimum Gasteiger partial charge on any atom is -0.376 e. The van der Waals surface area contributed by atoms with Crippen molar-refractivity contribution in [3.8, 4) is 6.07 Å². The van der Waals surface area contributed by atoms with Crippen molar-refractivity contribution in [1.29, 1.82) is 5.26 Å². The lowest BCUT2D eigenvalue weighted by atomic mass is 9.95. The SMILES string of the molecule is Cc1cc(C(=O)NC2CCCCC2)ccc1NCC(=O)Nc1ccc(CC#N)cc1. The molecule has 0 radical (unpaired) electrons. The fourth-order valence-electron chi connectivity index (χ4n) is 3.70. The van der Waals surface area contributed by atoms with E-state index in [1.807, 2.05) is 31.2 Å². The van der Waals surface area contributed by atoms with E-state index >= 15 is 0 Å². The summed E-state index contributed by atoms with van der Waals surface area (Å²) >= 11 is 0. The number of rotatable bonds is 7. The molecule has 0 unspecified atom stereocenters. The van der Waals surface area contributed by atoms with Crippen molar-refractivity contribution in [2.24, 2.45) is 0 Å². The van der Waals surface area contributed by atoms with Crippen LogP contribution in [0.3, 0.4) is 0 Å². The smallest absolute Gasteiger partial charge is 0.251 e. The van der Waals surface area contributed by atoms with Gasteiger partial charge in [-0.05, 0) is 61.2 Å². The van der Waals surface area contributed by atoms with Gasteiger partial charge in [0.1, 0.15) is 0 Å². The Kier molecular flexibility index (Phi) is 7.45. The van der Waals surface area contributed by atoms with Crippen LogP contribution in [-0.2, 0) is 11.2 Å². The van der Waals surface area contributed by atoms with E-state index in [0.717, 1.165) is 29.7 Å². The van der Waals surface area contributed by atoms with E-state index in [-0.39, 0.29) is 24.4 Å². The monoisotopic (exact) mass is 404 g/mol. The van der Waals surface area contributed by atoms with Gasteiger partial charge in [-0.15, -0.1) is 0 Å². The minimum absolute atomic E-state index is 0.0332. The molecule has 3 rings (SSSR count). The maximum atomic E-state index is 12.5. The summed E-state index contributed by atoms with van der Waals surface area (Å²) in [5.41, 5.74) is 3.99. The van der Waals surface area contributed by atoms with Crippen LogP contribution in [-0.4, -0.2) is 24.4 Å². The van der Waals surface area contributed by atoms with E-state index in [4.69, 9.17) is 5.26 Å². The van der Waals surface area contributed by atoms with Crippen molar-refractivity contribution in [2.45, 2.75) is 51.5 Å². The summed E-state index contributed by atoms with van der Waals surface area (Å²) < 4.78 is 0. The Morgan fingerprint density at radius 3 is 2.47 bits per heavy atom. The minimum atomic E-state index is -0.165. The topological polar surface area (TPSA) is 94.0 Å². The van der Waals surface area contributed by atoms with E-state index in [0.29, 0.717) is 17.7 Å². The zero-order valence-electron chi connectivity index (χ0n) is 17.3. The molecule has 2 amide bonds. The third-order valence-corrected chi connectivity index (χ3v) is 5.39. The largest absolute Gasteiger partial charge is 0.376 e. The summed E-state index contributed by atoms with van der Waals surface area (Å²) in [6.45, 7) is 2.04. The molecule has 30 heavy (non-hydrogen) atoms. The van der Waals surface area contributed by atoms with Gasteiger partial charge in [0.05, 0.1) is 19.0 Å². The molecule has 1 aliphatic carbocycles. The summed E-state index contributed by atoms with van der Waals surface area (Å²) in [7, 11) is 0. The van der Waals surface area contributed by atoms with Crippen LogP contribution in [0.1, 0.15) is 53.6 Å². The van der Waals surface area contributed by atoms with Gasteiger partial charge in [-0.1, -0.05) is 31.4 Å². The second-order valence-electron chi connectivity index (χ2n) is 7.77. The fraction of sp³-hybridized carbons (Fsp3) is 0.375. The van der Waals surface area contributed by atoms with Crippen molar-refractivity contribution in [3.05, 3.63) is 59.2 Å². The van der Waals surface area contributed by atoms with Crippen molar-refractivity contribution < 1.29 is 9.59 Å². The Bertz CT molecular complexity index is 925. The van der Waals surface area contributed by atoms with Crippen LogP contribution in [0.5, 0.6) is 0 Å². The first kappa shape index (κ1) is 21.4. The molecule has 0 heterocycles. The molecule has 0 atom stereocenters. The van der Waals surface area contributed by atoms with Gasteiger partial charge in [-0.3, -0.25) is 9.59 Å². The lowest BCUT2D eigenvalue weighted by Gasteiger charge is -2.23. The third-order valence-electron chi connectivity index (χ3n) is 5.39. The number of hydrogen-bond donors (Lipinski definition) is 3. The number of carbonyl (C=O) groups excluding carboxylic acids is 2. The predicted octanol–water partition coefficient (Wildman–Crippen LogP) is 4.17. The number of hydrogen-bond acceptors (Lipinski definition) is 4. The highest BCUT2D eigenvalue weighted by molar-refractivity contribution is 5.96. The van der Waals surface area contributed by atoms with Gasteiger partial charge >= 0.3 is 0 Å². The number of carbonyl (C=O) groups is 2. The molecule has 2 aromatic rings. The molecule has 0 aliphatic heterocycles. The highest BCUT2D eigenvalue weighted by Crippen LogP contribution is 2.20. The number of benzene rings is 2. The third kappa shape index (κ3) is 6.08. The lowest BCUT2D eigenvalue weighted by molar-refractivity contribution is -0.114. The summed E-state index contributed by atoms with van der Waals surface area (Å²) in [5, 5.41) is 17.8. The molecule has 1 aliphatic rings. The van der Waals surface area contributed by atoms with E-state index < -0.39 is 0 Å². The highest BCUT2D eigenvalue weighted by Gasteiger charge is 2.17. The van der Waals surface area contributed by atoms with Crippen molar-refractivity contribution in [3.63, 3.8) is 0 Å². The first-order valence-corrected chi connectivity index (χ1v) is 10.5. The summed E-state index contributed by atoms with van der Waals surface area (Å²) in [6, 6.07) is 15.1. The summed E-state index contributed by atoms with van der Waals surface area (Å²) in [5.74, 6) is -0.198. The number of nitrogens with zero attached hydrogens (tertiary/aromatic N) is 1. The molecule has 0 aromatic heterocycles. The molecule has 3 N–H and O–H groups in total. The van der Waals surface area contributed by atoms with E-state index in [1.165, 1.54) is 19.3 Å². The fourth-order valence-corrected chi connectivity index (χ4v) is 3.70. The van der Waals surface area contributed by atoms with Crippen molar-refractivity contribution in [1.82, 2.24) is 5.32 Å². The maximum Gasteiger partial charge on any atom is 0.251 e. The van der Waals surface area contributed by atoms with Crippen LogP contribution in [0.15, 0.2) is 42.5 Å². The quantitative estimate of drug-likeness (QED) is 0.645. The van der Waals surface area contributed by atoms with Crippen molar-refractivity contribution >= 4 is 23.2 Å². The highest BCUT2D eigenvalue weighted by atomic mass is 16.2. The van der Waals surface area contributed by atoms with Crippen LogP contribution in [0, 0.1) is 18.3 Å². The van der Waals surface area contributed by atoms with Crippen LogP contribution in [0.25, 0.3) is 0 Å².